The minimum atomic E-state index is 0.0520. The molecule has 2 rings (SSSR count). The van der Waals surface area contributed by atoms with Crippen molar-refractivity contribution >= 4 is 5.91 Å². The van der Waals surface area contributed by atoms with E-state index in [1.54, 1.807) is 0 Å². The standard InChI is InChI=1S/C14H26N2O/c1-3-5-14(6-7-14)10-16-13(17)12-9-11(2)4-8-15-12/h11-12,15H,3-10H2,1-2H3,(H,16,17). The van der Waals surface area contributed by atoms with Gasteiger partial charge in [0.15, 0.2) is 0 Å². The summed E-state index contributed by atoms with van der Waals surface area (Å²) in [5, 5.41) is 6.48. The maximum absolute atomic E-state index is 12.0. The van der Waals surface area contributed by atoms with Gasteiger partial charge < -0.3 is 10.6 Å². The molecule has 2 aliphatic rings. The molecule has 0 aromatic heterocycles. The van der Waals surface area contributed by atoms with Gasteiger partial charge in [0.25, 0.3) is 0 Å². The van der Waals surface area contributed by atoms with Crippen molar-refractivity contribution in [3.8, 4) is 0 Å². The lowest BCUT2D eigenvalue weighted by molar-refractivity contribution is -0.124. The molecule has 0 spiro atoms. The smallest absolute Gasteiger partial charge is 0.237 e. The number of amides is 1. The molecule has 1 aliphatic heterocycles. The minimum absolute atomic E-state index is 0.0520. The summed E-state index contributed by atoms with van der Waals surface area (Å²) in [6.07, 6.45) is 7.29. The molecule has 0 aromatic carbocycles. The van der Waals surface area contributed by atoms with Crippen molar-refractivity contribution in [3.63, 3.8) is 0 Å². The molecule has 3 heteroatoms. The van der Waals surface area contributed by atoms with Gasteiger partial charge in [-0.1, -0.05) is 20.3 Å². The Morgan fingerprint density at radius 3 is 2.82 bits per heavy atom. The van der Waals surface area contributed by atoms with Gasteiger partial charge in [-0.3, -0.25) is 4.79 Å². The average molecular weight is 238 g/mol. The van der Waals surface area contributed by atoms with Crippen LogP contribution in [0.2, 0.25) is 0 Å². The van der Waals surface area contributed by atoms with Crippen molar-refractivity contribution in [2.24, 2.45) is 11.3 Å². The number of hydrogen-bond donors (Lipinski definition) is 2. The van der Waals surface area contributed by atoms with E-state index in [1.807, 2.05) is 0 Å². The highest BCUT2D eigenvalue weighted by Gasteiger charge is 2.41. The van der Waals surface area contributed by atoms with Crippen molar-refractivity contribution in [2.75, 3.05) is 13.1 Å². The zero-order valence-electron chi connectivity index (χ0n) is 11.2. The summed E-state index contributed by atoms with van der Waals surface area (Å²) < 4.78 is 0. The first-order valence-corrected chi connectivity index (χ1v) is 7.16. The maximum Gasteiger partial charge on any atom is 0.237 e. The topological polar surface area (TPSA) is 41.1 Å². The molecule has 1 heterocycles. The zero-order valence-corrected chi connectivity index (χ0v) is 11.2. The number of carbonyl (C=O) groups excluding carboxylic acids is 1. The minimum Gasteiger partial charge on any atom is -0.354 e. The maximum atomic E-state index is 12.0. The first kappa shape index (κ1) is 12.9. The van der Waals surface area contributed by atoms with Gasteiger partial charge in [-0.15, -0.1) is 0 Å². The van der Waals surface area contributed by atoms with Crippen LogP contribution in [0.5, 0.6) is 0 Å². The number of nitrogens with one attached hydrogen (secondary N) is 2. The fraction of sp³-hybridized carbons (Fsp3) is 0.929. The normalized spacial score (nSPS) is 30.9. The third-order valence-corrected chi connectivity index (χ3v) is 4.36. The molecule has 1 aliphatic carbocycles. The molecule has 0 aromatic rings. The second-order valence-corrected chi connectivity index (χ2v) is 6.10. The Labute approximate surface area is 105 Å². The Morgan fingerprint density at radius 2 is 2.24 bits per heavy atom. The van der Waals surface area contributed by atoms with Gasteiger partial charge in [-0.2, -0.15) is 0 Å². The summed E-state index contributed by atoms with van der Waals surface area (Å²) in [5.41, 5.74) is 0.463. The number of piperidine rings is 1. The largest absolute Gasteiger partial charge is 0.354 e. The Hall–Kier alpha value is -0.570. The summed E-state index contributed by atoms with van der Waals surface area (Å²) in [6, 6.07) is 0.0520. The lowest BCUT2D eigenvalue weighted by Crippen LogP contribution is -2.49. The molecule has 98 valence electrons. The molecule has 17 heavy (non-hydrogen) atoms. The first-order chi connectivity index (χ1) is 8.15. The first-order valence-electron chi connectivity index (χ1n) is 7.16. The molecule has 3 nitrogen and oxygen atoms in total. The fourth-order valence-electron chi connectivity index (χ4n) is 2.93. The quantitative estimate of drug-likeness (QED) is 0.770. The van der Waals surface area contributed by atoms with Crippen LogP contribution < -0.4 is 10.6 Å². The number of rotatable bonds is 5. The summed E-state index contributed by atoms with van der Waals surface area (Å²) in [4.78, 5) is 12.0. The Kier molecular flexibility index (Phi) is 4.08. The van der Waals surface area contributed by atoms with Crippen LogP contribution >= 0.6 is 0 Å². The molecule has 2 atom stereocenters. The van der Waals surface area contributed by atoms with Crippen molar-refractivity contribution in [3.05, 3.63) is 0 Å². The average Bonchev–Trinajstić information content (AvgIpc) is 3.07. The third kappa shape index (κ3) is 3.44. The fourth-order valence-corrected chi connectivity index (χ4v) is 2.93. The van der Waals surface area contributed by atoms with Crippen LogP contribution in [0.15, 0.2) is 0 Å². The van der Waals surface area contributed by atoms with Crippen molar-refractivity contribution < 1.29 is 4.79 Å². The molecular formula is C14H26N2O. The predicted molar refractivity (Wildman–Crippen MR) is 69.8 cm³/mol. The Balaban J connectivity index is 1.73. The van der Waals surface area contributed by atoms with Crippen molar-refractivity contribution in [1.82, 2.24) is 10.6 Å². The van der Waals surface area contributed by atoms with Crippen LogP contribution in [-0.4, -0.2) is 25.0 Å². The van der Waals surface area contributed by atoms with Crippen LogP contribution in [0.4, 0.5) is 0 Å². The van der Waals surface area contributed by atoms with E-state index in [-0.39, 0.29) is 11.9 Å². The van der Waals surface area contributed by atoms with E-state index in [1.165, 1.54) is 32.1 Å². The molecule has 1 amide bonds. The lowest BCUT2D eigenvalue weighted by atomic mass is 9.93. The van der Waals surface area contributed by atoms with Crippen LogP contribution in [0.25, 0.3) is 0 Å². The molecule has 1 saturated heterocycles. The molecular weight excluding hydrogens is 212 g/mol. The Morgan fingerprint density at radius 1 is 1.47 bits per heavy atom. The Bertz CT molecular complexity index is 273. The zero-order chi connectivity index (χ0) is 12.3. The van der Waals surface area contributed by atoms with E-state index in [0.29, 0.717) is 11.3 Å². The van der Waals surface area contributed by atoms with Crippen LogP contribution in [0.3, 0.4) is 0 Å². The number of hydrogen-bond acceptors (Lipinski definition) is 2. The van der Waals surface area contributed by atoms with E-state index < -0.39 is 0 Å². The van der Waals surface area contributed by atoms with Gasteiger partial charge >= 0.3 is 0 Å². The molecule has 2 fully saturated rings. The lowest BCUT2D eigenvalue weighted by Gasteiger charge is -2.28. The van der Waals surface area contributed by atoms with Gasteiger partial charge in [0.2, 0.25) is 5.91 Å². The second kappa shape index (κ2) is 5.38. The van der Waals surface area contributed by atoms with Crippen molar-refractivity contribution in [1.29, 1.82) is 0 Å². The third-order valence-electron chi connectivity index (χ3n) is 4.36. The SMILES string of the molecule is CCCC1(CNC(=O)C2CC(C)CCN2)CC1. The van der Waals surface area contributed by atoms with Crippen molar-refractivity contribution in [2.45, 2.75) is 58.4 Å². The highest BCUT2D eigenvalue weighted by Crippen LogP contribution is 2.48. The van der Waals surface area contributed by atoms with Gasteiger partial charge in [0.05, 0.1) is 6.04 Å². The van der Waals surface area contributed by atoms with E-state index in [0.717, 1.165) is 19.5 Å². The highest BCUT2D eigenvalue weighted by molar-refractivity contribution is 5.81. The van der Waals surface area contributed by atoms with Gasteiger partial charge in [-0.25, -0.2) is 0 Å². The van der Waals surface area contributed by atoms with E-state index in [9.17, 15) is 4.79 Å². The monoisotopic (exact) mass is 238 g/mol. The molecule has 0 radical (unpaired) electrons. The summed E-state index contributed by atoms with van der Waals surface area (Å²) >= 11 is 0. The van der Waals surface area contributed by atoms with Gasteiger partial charge in [0.1, 0.15) is 0 Å². The van der Waals surface area contributed by atoms with Crippen LogP contribution in [0, 0.1) is 11.3 Å². The van der Waals surface area contributed by atoms with E-state index in [4.69, 9.17) is 0 Å². The number of carbonyl (C=O) groups is 1. The molecule has 2 unspecified atom stereocenters. The van der Waals surface area contributed by atoms with Crippen LogP contribution in [-0.2, 0) is 4.79 Å². The molecule has 1 saturated carbocycles. The molecule has 2 N–H and O–H groups in total. The summed E-state index contributed by atoms with van der Waals surface area (Å²) in [7, 11) is 0. The molecule has 0 bridgehead atoms. The van der Waals surface area contributed by atoms with Gasteiger partial charge in [0, 0.05) is 6.54 Å². The van der Waals surface area contributed by atoms with E-state index >= 15 is 0 Å². The van der Waals surface area contributed by atoms with Gasteiger partial charge in [-0.05, 0) is 50.0 Å². The summed E-state index contributed by atoms with van der Waals surface area (Å²) in [5.74, 6) is 0.899. The van der Waals surface area contributed by atoms with Crippen LogP contribution in [0.1, 0.15) is 52.4 Å². The highest BCUT2D eigenvalue weighted by atomic mass is 16.2. The summed E-state index contributed by atoms with van der Waals surface area (Å²) in [6.45, 7) is 6.35. The predicted octanol–water partition coefficient (Wildman–Crippen LogP) is 2.07. The van der Waals surface area contributed by atoms with E-state index in [2.05, 4.69) is 24.5 Å². The second-order valence-electron chi connectivity index (χ2n) is 6.10.